The van der Waals surface area contributed by atoms with Crippen LogP contribution in [0.25, 0.3) is 6.08 Å². The summed E-state index contributed by atoms with van der Waals surface area (Å²) in [5.41, 5.74) is -0.537. The van der Waals surface area contributed by atoms with Gasteiger partial charge in [0.25, 0.3) is 0 Å². The second-order valence-corrected chi connectivity index (χ2v) is 4.85. The van der Waals surface area contributed by atoms with Gasteiger partial charge in [-0.1, -0.05) is 58.0 Å². The topological polar surface area (TPSA) is 61.1 Å². The third kappa shape index (κ3) is 2.85. The molecule has 1 aromatic carbocycles. The van der Waals surface area contributed by atoms with Crippen molar-refractivity contribution in [3.8, 4) is 6.07 Å². The third-order valence-electron chi connectivity index (χ3n) is 1.88. The Labute approximate surface area is 127 Å². The molecule has 0 saturated carbocycles. The maximum Gasteiger partial charge on any atom is 0.346 e. The van der Waals surface area contributed by atoms with Crippen LogP contribution in [0.2, 0.25) is 25.1 Å². The molecule has 0 fully saturated rings. The highest BCUT2D eigenvalue weighted by atomic mass is 35.5. The van der Waals surface area contributed by atoms with E-state index in [0.717, 1.165) is 6.08 Å². The highest BCUT2D eigenvalue weighted by Gasteiger charge is 2.19. The number of halogens is 5. The van der Waals surface area contributed by atoms with Gasteiger partial charge in [-0.25, -0.2) is 4.79 Å². The minimum atomic E-state index is -1.42. The zero-order valence-electron chi connectivity index (χ0n) is 8.27. The number of hydrogen-bond donors (Lipinski definition) is 1. The minimum absolute atomic E-state index is 0.0247. The Morgan fingerprint density at radius 3 is 1.72 bits per heavy atom. The van der Waals surface area contributed by atoms with E-state index < -0.39 is 11.5 Å². The van der Waals surface area contributed by atoms with Gasteiger partial charge in [0, 0.05) is 5.56 Å². The average Bonchev–Trinajstić information content (AvgIpc) is 2.34. The predicted molar refractivity (Wildman–Crippen MR) is 72.7 cm³/mol. The molecule has 3 nitrogen and oxygen atoms in total. The van der Waals surface area contributed by atoms with Crippen molar-refractivity contribution < 1.29 is 9.90 Å². The average molecular weight is 345 g/mol. The zero-order chi connectivity index (χ0) is 14.0. The van der Waals surface area contributed by atoms with Gasteiger partial charge in [-0.3, -0.25) is 0 Å². The van der Waals surface area contributed by atoms with E-state index in [1.165, 1.54) is 6.07 Å². The summed E-state index contributed by atoms with van der Waals surface area (Å²) >= 11 is 29.1. The molecule has 94 valence electrons. The van der Waals surface area contributed by atoms with Crippen LogP contribution in [-0.2, 0) is 4.79 Å². The summed E-state index contributed by atoms with van der Waals surface area (Å²) in [6.45, 7) is 0. The van der Waals surface area contributed by atoms with Gasteiger partial charge in [0.1, 0.15) is 11.6 Å². The van der Waals surface area contributed by atoms with Gasteiger partial charge < -0.3 is 5.11 Å². The van der Waals surface area contributed by atoms with Crippen LogP contribution in [-0.4, -0.2) is 11.1 Å². The Kier molecular flexibility index (Phi) is 5.15. The van der Waals surface area contributed by atoms with Gasteiger partial charge in [-0.2, -0.15) is 5.26 Å². The van der Waals surface area contributed by atoms with Crippen molar-refractivity contribution in [3.05, 3.63) is 36.2 Å². The SMILES string of the molecule is N#C/C(=C\c1c(Cl)c(Cl)c(Cl)c(Cl)c1Cl)C(=O)O. The summed E-state index contributed by atoms with van der Waals surface area (Å²) in [4.78, 5) is 10.7. The number of carbonyl (C=O) groups is 1. The molecule has 18 heavy (non-hydrogen) atoms. The molecule has 0 aliphatic heterocycles. The molecule has 0 heterocycles. The number of nitriles is 1. The second kappa shape index (κ2) is 6.01. The van der Waals surface area contributed by atoms with Gasteiger partial charge in [0.05, 0.1) is 25.1 Å². The maximum absolute atomic E-state index is 10.7. The molecule has 1 aromatic rings. The van der Waals surface area contributed by atoms with Crippen molar-refractivity contribution in [1.82, 2.24) is 0 Å². The fraction of sp³-hybridized carbons (Fsp3) is 0. The lowest BCUT2D eigenvalue weighted by molar-refractivity contribution is -0.132. The molecule has 0 amide bonds. The number of aliphatic carboxylic acids is 1. The standard InChI is InChI=1S/C10H2Cl5NO2/c11-5-4(1-3(2-16)10(17)18)6(12)8(14)9(15)7(5)13/h1H,(H,17,18)/b3-1+. The second-order valence-electron chi connectivity index (χ2n) is 2.96. The first kappa shape index (κ1) is 15.4. The van der Waals surface area contributed by atoms with E-state index in [9.17, 15) is 4.79 Å². The Morgan fingerprint density at radius 2 is 1.39 bits per heavy atom. The molecule has 8 heteroatoms. The van der Waals surface area contributed by atoms with Crippen LogP contribution in [0.5, 0.6) is 0 Å². The Morgan fingerprint density at radius 1 is 1.00 bits per heavy atom. The normalized spacial score (nSPS) is 11.2. The summed E-state index contributed by atoms with van der Waals surface area (Å²) in [7, 11) is 0. The Bertz CT molecular complexity index is 574. The first-order valence-corrected chi connectivity index (χ1v) is 6.06. The van der Waals surface area contributed by atoms with Gasteiger partial charge >= 0.3 is 5.97 Å². The molecule has 1 N–H and O–H groups in total. The smallest absolute Gasteiger partial charge is 0.346 e. The lowest BCUT2D eigenvalue weighted by Crippen LogP contribution is -1.98. The van der Waals surface area contributed by atoms with E-state index in [4.69, 9.17) is 68.4 Å². The predicted octanol–water partition coefficient (Wildman–Crippen LogP) is 4.95. The summed E-state index contributed by atoms with van der Waals surface area (Å²) in [6, 6.07) is 1.48. The minimum Gasteiger partial charge on any atom is -0.477 e. The highest BCUT2D eigenvalue weighted by Crippen LogP contribution is 2.44. The number of nitrogens with zero attached hydrogens (tertiary/aromatic N) is 1. The fourth-order valence-electron chi connectivity index (χ4n) is 1.03. The summed E-state index contributed by atoms with van der Waals surface area (Å²) in [6.07, 6.45) is 0.973. The van der Waals surface area contributed by atoms with Crippen LogP contribution in [0.3, 0.4) is 0 Å². The van der Waals surface area contributed by atoms with Crippen LogP contribution in [0.1, 0.15) is 5.56 Å². The molecule has 0 spiro atoms. The van der Waals surface area contributed by atoms with E-state index in [1.54, 1.807) is 0 Å². The van der Waals surface area contributed by atoms with Crippen LogP contribution >= 0.6 is 58.0 Å². The quantitative estimate of drug-likeness (QED) is 0.357. The number of carboxylic acids is 1. The summed E-state index contributed by atoms with van der Waals surface area (Å²) < 4.78 is 0. The van der Waals surface area contributed by atoms with Gasteiger partial charge in [0.15, 0.2) is 0 Å². The summed E-state index contributed by atoms with van der Waals surface area (Å²) in [5, 5.41) is 17.1. The first-order valence-electron chi connectivity index (χ1n) is 4.17. The monoisotopic (exact) mass is 343 g/mol. The van der Waals surface area contributed by atoms with E-state index in [2.05, 4.69) is 0 Å². The molecule has 0 bridgehead atoms. The van der Waals surface area contributed by atoms with Gasteiger partial charge in [0.2, 0.25) is 0 Å². The number of rotatable bonds is 2. The van der Waals surface area contributed by atoms with Crippen LogP contribution in [0.15, 0.2) is 5.57 Å². The van der Waals surface area contributed by atoms with Crippen LogP contribution in [0.4, 0.5) is 0 Å². The van der Waals surface area contributed by atoms with E-state index in [0.29, 0.717) is 0 Å². The van der Waals surface area contributed by atoms with Crippen molar-refractivity contribution in [2.75, 3.05) is 0 Å². The molecule has 0 aliphatic rings. The zero-order valence-corrected chi connectivity index (χ0v) is 12.0. The molecular formula is C10H2Cl5NO2. The van der Waals surface area contributed by atoms with Crippen LogP contribution < -0.4 is 0 Å². The van der Waals surface area contributed by atoms with Gasteiger partial charge in [-0.05, 0) is 6.08 Å². The van der Waals surface area contributed by atoms with E-state index in [-0.39, 0.29) is 30.7 Å². The molecule has 0 aromatic heterocycles. The number of benzene rings is 1. The number of carboxylic acid groups (broad SMARTS) is 1. The lowest BCUT2D eigenvalue weighted by Gasteiger charge is -2.09. The van der Waals surface area contributed by atoms with E-state index in [1.807, 2.05) is 0 Å². The molecule has 0 unspecified atom stereocenters. The molecule has 0 atom stereocenters. The molecule has 0 radical (unpaired) electrons. The molecule has 1 rings (SSSR count). The van der Waals surface area contributed by atoms with E-state index >= 15 is 0 Å². The number of hydrogen-bond acceptors (Lipinski definition) is 2. The van der Waals surface area contributed by atoms with Gasteiger partial charge in [-0.15, -0.1) is 0 Å². The summed E-state index contributed by atoms with van der Waals surface area (Å²) in [5.74, 6) is -1.42. The molecular weight excluding hydrogens is 343 g/mol. The van der Waals surface area contributed by atoms with Crippen molar-refractivity contribution in [1.29, 1.82) is 5.26 Å². The first-order chi connectivity index (χ1) is 8.31. The molecule has 0 aliphatic carbocycles. The largest absolute Gasteiger partial charge is 0.477 e. The van der Waals surface area contributed by atoms with Crippen molar-refractivity contribution >= 4 is 70.1 Å². The Balaban J connectivity index is 3.63. The maximum atomic E-state index is 10.7. The van der Waals surface area contributed by atoms with Crippen molar-refractivity contribution in [2.24, 2.45) is 0 Å². The highest BCUT2D eigenvalue weighted by molar-refractivity contribution is 6.55. The Hall–Kier alpha value is -0.630. The fourth-order valence-corrected chi connectivity index (χ4v) is 2.30. The lowest BCUT2D eigenvalue weighted by atomic mass is 10.1. The molecule has 0 saturated heterocycles. The van der Waals surface area contributed by atoms with Crippen LogP contribution in [0, 0.1) is 11.3 Å². The third-order valence-corrected chi connectivity index (χ3v) is 4.19. The van der Waals surface area contributed by atoms with Crippen molar-refractivity contribution in [3.63, 3.8) is 0 Å². The van der Waals surface area contributed by atoms with Crippen molar-refractivity contribution in [2.45, 2.75) is 0 Å².